The number of rotatable bonds is 1. The van der Waals surface area contributed by atoms with Crippen LogP contribution in [0.15, 0.2) is 16.9 Å². The van der Waals surface area contributed by atoms with Crippen molar-refractivity contribution >= 4 is 21.6 Å². The van der Waals surface area contributed by atoms with E-state index in [4.69, 9.17) is 0 Å². The third-order valence-electron chi connectivity index (χ3n) is 1.60. The van der Waals surface area contributed by atoms with Crippen molar-refractivity contribution in [3.8, 4) is 0 Å². The zero-order chi connectivity index (χ0) is 8.55. The van der Waals surface area contributed by atoms with Gasteiger partial charge in [0.15, 0.2) is 5.65 Å². The van der Waals surface area contributed by atoms with Crippen molar-refractivity contribution in [2.75, 3.05) is 0 Å². The summed E-state index contributed by atoms with van der Waals surface area (Å²) in [5, 5.41) is 8.26. The predicted molar refractivity (Wildman–Crippen MR) is 47.9 cm³/mol. The Labute approximate surface area is 77.7 Å². The van der Waals surface area contributed by atoms with E-state index in [-0.39, 0.29) is 0 Å². The summed E-state index contributed by atoms with van der Waals surface area (Å²) in [5.74, 6) is 0. The van der Waals surface area contributed by atoms with Gasteiger partial charge in [0.2, 0.25) is 4.73 Å². The fourth-order valence-electron chi connectivity index (χ4n) is 0.983. The van der Waals surface area contributed by atoms with E-state index in [0.29, 0.717) is 4.73 Å². The van der Waals surface area contributed by atoms with Crippen molar-refractivity contribution in [2.24, 2.45) is 0 Å². The van der Waals surface area contributed by atoms with Gasteiger partial charge in [-0.1, -0.05) is 6.92 Å². The predicted octanol–water partition coefficient (Wildman–Crippen LogP) is 1.45. The molecule has 0 saturated carbocycles. The molecule has 2 rings (SSSR count). The van der Waals surface area contributed by atoms with Crippen molar-refractivity contribution in [2.45, 2.75) is 13.3 Å². The minimum atomic E-state index is 0.572. The molecule has 5 heteroatoms. The van der Waals surface area contributed by atoms with Crippen LogP contribution in [0.3, 0.4) is 0 Å². The maximum absolute atomic E-state index is 4.23. The Morgan fingerprint density at radius 3 is 3.00 bits per heavy atom. The molecule has 0 aliphatic carbocycles. The molecule has 0 aromatic carbocycles. The highest BCUT2D eigenvalue weighted by atomic mass is 79.9. The molecule has 0 aliphatic rings. The molecule has 4 nitrogen and oxygen atoms in total. The highest BCUT2D eigenvalue weighted by molar-refractivity contribution is 9.10. The fraction of sp³-hybridized carbons (Fsp3) is 0.286. The lowest BCUT2D eigenvalue weighted by molar-refractivity contribution is 0.758. The maximum Gasteiger partial charge on any atom is 0.220 e. The number of aromatic nitrogens is 4. The third-order valence-corrected chi connectivity index (χ3v) is 1.94. The molecule has 0 radical (unpaired) electrons. The molecule has 0 fully saturated rings. The number of hydrogen-bond acceptors (Lipinski definition) is 3. The molecule has 0 aliphatic heterocycles. The number of hydrogen-bond donors (Lipinski definition) is 0. The van der Waals surface area contributed by atoms with Crippen molar-refractivity contribution in [1.82, 2.24) is 19.8 Å². The molecule has 62 valence electrons. The number of aryl methyl sites for hydroxylation is 1. The summed E-state index contributed by atoms with van der Waals surface area (Å²) < 4.78 is 2.10. The molecule has 0 amide bonds. The average molecular weight is 227 g/mol. The first kappa shape index (κ1) is 7.67. The van der Waals surface area contributed by atoms with E-state index >= 15 is 0 Å². The summed E-state index contributed by atoms with van der Waals surface area (Å²) >= 11 is 3.19. The monoisotopic (exact) mass is 226 g/mol. The van der Waals surface area contributed by atoms with E-state index in [2.05, 4.69) is 38.0 Å². The van der Waals surface area contributed by atoms with Crippen molar-refractivity contribution in [3.63, 3.8) is 0 Å². The molecule has 0 spiro atoms. The lowest BCUT2D eigenvalue weighted by Crippen LogP contribution is -1.97. The van der Waals surface area contributed by atoms with Crippen LogP contribution in [-0.2, 0) is 6.42 Å². The highest BCUT2D eigenvalue weighted by Gasteiger charge is 2.00. The van der Waals surface area contributed by atoms with Crippen LogP contribution in [0.1, 0.15) is 12.6 Å². The van der Waals surface area contributed by atoms with Crippen LogP contribution >= 0.6 is 15.9 Å². The van der Waals surface area contributed by atoms with Crippen LogP contribution < -0.4 is 0 Å². The second kappa shape index (κ2) is 2.82. The number of fused-ring (bicyclic) bond motifs is 1. The molecule has 2 aromatic heterocycles. The van der Waals surface area contributed by atoms with Gasteiger partial charge in [-0.3, -0.25) is 0 Å². The topological polar surface area (TPSA) is 43.1 Å². The van der Waals surface area contributed by atoms with E-state index in [1.807, 2.05) is 12.1 Å². The van der Waals surface area contributed by atoms with Crippen molar-refractivity contribution in [1.29, 1.82) is 0 Å². The van der Waals surface area contributed by atoms with Crippen LogP contribution in [-0.4, -0.2) is 19.8 Å². The Kier molecular flexibility index (Phi) is 1.80. The molecule has 12 heavy (non-hydrogen) atoms. The van der Waals surface area contributed by atoms with Gasteiger partial charge in [0.1, 0.15) is 0 Å². The van der Waals surface area contributed by atoms with Crippen LogP contribution in [0.25, 0.3) is 5.65 Å². The summed E-state index contributed by atoms with van der Waals surface area (Å²) in [6.07, 6.45) is 0.910. The molecule has 0 atom stereocenters. The molecule has 0 saturated heterocycles. The molecular weight excluding hydrogens is 220 g/mol. The van der Waals surface area contributed by atoms with Crippen LogP contribution in [0.2, 0.25) is 0 Å². The maximum atomic E-state index is 4.23. The van der Waals surface area contributed by atoms with Gasteiger partial charge in [-0.15, -0.1) is 9.73 Å². The third kappa shape index (κ3) is 1.20. The molecule has 0 bridgehead atoms. The zero-order valence-electron chi connectivity index (χ0n) is 6.53. The number of halogens is 1. The minimum absolute atomic E-state index is 0.572. The van der Waals surface area contributed by atoms with Gasteiger partial charge in [-0.2, -0.15) is 10.1 Å². The first-order chi connectivity index (χ1) is 5.79. The largest absolute Gasteiger partial charge is 0.220 e. The molecule has 0 N–H and O–H groups in total. The minimum Gasteiger partial charge on any atom is -0.199 e. The summed E-state index contributed by atoms with van der Waals surface area (Å²) in [6.45, 7) is 2.06. The zero-order valence-corrected chi connectivity index (χ0v) is 8.11. The molecule has 2 heterocycles. The SMILES string of the molecule is CCc1ccc2nc(Br)nn2n1. The molecule has 0 unspecified atom stereocenters. The quantitative estimate of drug-likeness (QED) is 0.740. The standard InChI is InChI=1S/C7H7BrN4/c1-2-5-3-4-6-9-7(8)11-12(6)10-5/h3-4H,2H2,1H3. The van der Waals surface area contributed by atoms with E-state index in [0.717, 1.165) is 17.8 Å². The van der Waals surface area contributed by atoms with Crippen molar-refractivity contribution < 1.29 is 0 Å². The van der Waals surface area contributed by atoms with Gasteiger partial charge in [0.25, 0.3) is 0 Å². The normalized spacial score (nSPS) is 10.8. The smallest absolute Gasteiger partial charge is 0.199 e. The van der Waals surface area contributed by atoms with E-state index in [1.165, 1.54) is 4.63 Å². The Morgan fingerprint density at radius 2 is 2.25 bits per heavy atom. The first-order valence-corrected chi connectivity index (χ1v) is 4.47. The Bertz CT molecular complexity index is 409. The summed E-state index contributed by atoms with van der Waals surface area (Å²) in [5.41, 5.74) is 1.78. The van der Waals surface area contributed by atoms with E-state index in [9.17, 15) is 0 Å². The van der Waals surface area contributed by atoms with Gasteiger partial charge in [-0.05, 0) is 34.5 Å². The summed E-state index contributed by atoms with van der Waals surface area (Å²) in [4.78, 5) is 4.09. The Morgan fingerprint density at radius 1 is 1.42 bits per heavy atom. The second-order valence-corrected chi connectivity index (χ2v) is 3.12. The van der Waals surface area contributed by atoms with Gasteiger partial charge in [0, 0.05) is 0 Å². The summed E-state index contributed by atoms with van der Waals surface area (Å²) in [6, 6.07) is 3.86. The van der Waals surface area contributed by atoms with Gasteiger partial charge >= 0.3 is 0 Å². The summed E-state index contributed by atoms with van der Waals surface area (Å²) in [7, 11) is 0. The van der Waals surface area contributed by atoms with Crippen LogP contribution in [0.4, 0.5) is 0 Å². The Hall–Kier alpha value is -0.970. The number of nitrogens with zero attached hydrogens (tertiary/aromatic N) is 4. The van der Waals surface area contributed by atoms with E-state index < -0.39 is 0 Å². The van der Waals surface area contributed by atoms with Gasteiger partial charge in [0.05, 0.1) is 5.69 Å². The first-order valence-electron chi connectivity index (χ1n) is 3.68. The Balaban J connectivity index is 2.66. The lowest BCUT2D eigenvalue weighted by Gasteiger charge is -1.93. The van der Waals surface area contributed by atoms with Crippen LogP contribution in [0, 0.1) is 0 Å². The molecular formula is C7H7BrN4. The highest BCUT2D eigenvalue weighted by Crippen LogP contribution is 2.05. The average Bonchev–Trinajstić information content (AvgIpc) is 2.43. The lowest BCUT2D eigenvalue weighted by atomic mass is 10.3. The van der Waals surface area contributed by atoms with Crippen LogP contribution in [0.5, 0.6) is 0 Å². The fourth-order valence-corrected chi connectivity index (χ4v) is 1.31. The second-order valence-electron chi connectivity index (χ2n) is 2.41. The van der Waals surface area contributed by atoms with Gasteiger partial charge < -0.3 is 0 Å². The van der Waals surface area contributed by atoms with E-state index in [1.54, 1.807) is 0 Å². The molecule has 2 aromatic rings. The van der Waals surface area contributed by atoms with Crippen molar-refractivity contribution in [3.05, 3.63) is 22.6 Å². The van der Waals surface area contributed by atoms with Gasteiger partial charge in [-0.25, -0.2) is 0 Å².